The zero-order valence-corrected chi connectivity index (χ0v) is 18.9. The number of hydrogen-bond donors (Lipinski definition) is 4. The van der Waals surface area contributed by atoms with E-state index in [1.54, 1.807) is 6.92 Å². The van der Waals surface area contributed by atoms with Gasteiger partial charge in [0, 0.05) is 36.5 Å². The maximum Gasteiger partial charge on any atom is 0.408 e. The smallest absolute Gasteiger partial charge is 0.383 e. The molecule has 1 fully saturated rings. The first-order valence-corrected chi connectivity index (χ1v) is 11.1. The largest absolute Gasteiger partial charge is 0.408 e. The van der Waals surface area contributed by atoms with Gasteiger partial charge in [-0.05, 0) is 37.8 Å². The summed E-state index contributed by atoms with van der Waals surface area (Å²) in [5.41, 5.74) is 4.18. The fourth-order valence-electron chi connectivity index (χ4n) is 3.91. The highest BCUT2D eigenvalue weighted by molar-refractivity contribution is 5.97. The SMILES string of the molecule is C[C@@H](N)CNc1ccc2c(n1)N(c1c(F)cc(F)cc1F)C=C(C(=O)N[C@@H](C1CC1)C(F)(F)F)C2O. The number of hydrogen-bond acceptors (Lipinski definition) is 6. The van der Waals surface area contributed by atoms with Gasteiger partial charge in [0.1, 0.15) is 35.3 Å². The van der Waals surface area contributed by atoms with Gasteiger partial charge >= 0.3 is 6.18 Å². The van der Waals surface area contributed by atoms with Crippen molar-refractivity contribution < 1.29 is 36.2 Å². The van der Waals surface area contributed by atoms with Crippen molar-refractivity contribution in [2.45, 2.75) is 44.1 Å². The predicted molar refractivity (Wildman–Crippen MR) is 119 cm³/mol. The average molecular weight is 515 g/mol. The molecule has 2 heterocycles. The molecule has 1 aromatic carbocycles. The summed E-state index contributed by atoms with van der Waals surface area (Å²) < 4.78 is 83.4. The second kappa shape index (κ2) is 9.62. The molecular formula is C23H23F6N5O2. The van der Waals surface area contributed by atoms with Gasteiger partial charge in [-0.1, -0.05) is 0 Å². The number of alkyl halides is 3. The molecule has 0 saturated heterocycles. The number of benzene rings is 1. The second-order valence-electron chi connectivity index (χ2n) is 8.87. The van der Waals surface area contributed by atoms with Crippen LogP contribution in [0.3, 0.4) is 0 Å². The first kappa shape index (κ1) is 25.8. The highest BCUT2D eigenvalue weighted by Gasteiger charge is 2.50. The number of nitrogens with zero attached hydrogens (tertiary/aromatic N) is 2. The van der Waals surface area contributed by atoms with Gasteiger partial charge in [-0.25, -0.2) is 18.2 Å². The number of halogens is 6. The van der Waals surface area contributed by atoms with E-state index in [4.69, 9.17) is 5.73 Å². The molecule has 4 rings (SSSR count). The summed E-state index contributed by atoms with van der Waals surface area (Å²) in [6.07, 6.45) is -5.15. The van der Waals surface area contributed by atoms with E-state index >= 15 is 0 Å². The van der Waals surface area contributed by atoms with Crippen LogP contribution in [0.2, 0.25) is 0 Å². The minimum absolute atomic E-state index is 0.105. The number of aliphatic hydroxyl groups excluding tert-OH is 1. The summed E-state index contributed by atoms with van der Waals surface area (Å²) in [7, 11) is 0. The van der Waals surface area contributed by atoms with Gasteiger partial charge in [0.25, 0.3) is 5.91 Å². The Bertz CT molecular complexity index is 1170. The Hall–Kier alpha value is -3.32. The van der Waals surface area contributed by atoms with Crippen molar-refractivity contribution >= 4 is 23.2 Å². The Morgan fingerprint density at radius 3 is 2.42 bits per heavy atom. The normalized spacial score (nSPS) is 19.3. The Morgan fingerprint density at radius 1 is 1.22 bits per heavy atom. The minimum Gasteiger partial charge on any atom is -0.383 e. The van der Waals surface area contributed by atoms with Crippen LogP contribution in [0.15, 0.2) is 36.0 Å². The molecule has 13 heteroatoms. The Labute approximate surface area is 202 Å². The number of pyridine rings is 1. The summed E-state index contributed by atoms with van der Waals surface area (Å²) in [4.78, 5) is 17.9. The first-order valence-electron chi connectivity index (χ1n) is 11.1. The van der Waals surface area contributed by atoms with E-state index in [0.717, 1.165) is 11.1 Å². The molecule has 0 spiro atoms. The van der Waals surface area contributed by atoms with E-state index in [0.29, 0.717) is 12.1 Å². The number of carbonyl (C=O) groups is 1. The van der Waals surface area contributed by atoms with Gasteiger partial charge in [-0.3, -0.25) is 9.69 Å². The lowest BCUT2D eigenvalue weighted by molar-refractivity contribution is -0.165. The molecule has 7 nitrogen and oxygen atoms in total. The lowest BCUT2D eigenvalue weighted by Gasteiger charge is -2.32. The lowest BCUT2D eigenvalue weighted by atomic mass is 9.97. The van der Waals surface area contributed by atoms with Crippen molar-refractivity contribution in [1.82, 2.24) is 10.3 Å². The molecule has 36 heavy (non-hydrogen) atoms. The highest BCUT2D eigenvalue weighted by atomic mass is 19.4. The quantitative estimate of drug-likeness (QED) is 0.419. The fraction of sp³-hybridized carbons (Fsp3) is 0.391. The summed E-state index contributed by atoms with van der Waals surface area (Å²) in [5.74, 6) is -5.99. The lowest BCUT2D eigenvalue weighted by Crippen LogP contribution is -2.48. The monoisotopic (exact) mass is 515 g/mol. The number of rotatable bonds is 7. The Balaban J connectivity index is 1.78. The van der Waals surface area contributed by atoms with Gasteiger partial charge in [0.15, 0.2) is 11.6 Å². The molecule has 1 unspecified atom stereocenters. The van der Waals surface area contributed by atoms with E-state index in [1.807, 2.05) is 5.32 Å². The third-order valence-electron chi connectivity index (χ3n) is 5.81. The van der Waals surface area contributed by atoms with Crippen molar-refractivity contribution in [1.29, 1.82) is 0 Å². The number of nitrogens with two attached hydrogens (primary N) is 1. The summed E-state index contributed by atoms with van der Waals surface area (Å²) in [6, 6.07) is 1.10. The number of nitrogens with one attached hydrogen (secondary N) is 2. The number of anilines is 3. The summed E-state index contributed by atoms with van der Waals surface area (Å²) in [5, 5.41) is 15.6. The van der Waals surface area contributed by atoms with Gasteiger partial charge in [0.2, 0.25) is 0 Å². The molecule has 1 aliphatic carbocycles. The zero-order valence-electron chi connectivity index (χ0n) is 18.9. The third kappa shape index (κ3) is 5.26. The topological polar surface area (TPSA) is 104 Å². The van der Waals surface area contributed by atoms with Crippen LogP contribution in [0.25, 0.3) is 0 Å². The van der Waals surface area contributed by atoms with Crippen LogP contribution in [-0.2, 0) is 4.79 Å². The van der Waals surface area contributed by atoms with E-state index < -0.39 is 58.9 Å². The molecule has 0 radical (unpaired) electrons. The van der Waals surface area contributed by atoms with Crippen LogP contribution < -0.4 is 21.3 Å². The Morgan fingerprint density at radius 2 is 1.86 bits per heavy atom. The van der Waals surface area contributed by atoms with Gasteiger partial charge in [-0.15, -0.1) is 0 Å². The third-order valence-corrected chi connectivity index (χ3v) is 5.81. The number of amides is 1. The van der Waals surface area contributed by atoms with Crippen LogP contribution in [0, 0.1) is 23.4 Å². The van der Waals surface area contributed by atoms with E-state index in [9.17, 15) is 36.2 Å². The van der Waals surface area contributed by atoms with Crippen molar-refractivity contribution in [2.75, 3.05) is 16.8 Å². The molecule has 2 aromatic rings. The van der Waals surface area contributed by atoms with Crippen molar-refractivity contribution in [3.05, 3.63) is 59.1 Å². The van der Waals surface area contributed by atoms with Crippen LogP contribution >= 0.6 is 0 Å². The number of aromatic nitrogens is 1. The fourth-order valence-corrected chi connectivity index (χ4v) is 3.91. The molecule has 2 aliphatic rings. The number of fused-ring (bicyclic) bond motifs is 1. The molecule has 3 atom stereocenters. The molecule has 1 aromatic heterocycles. The van der Waals surface area contributed by atoms with Crippen LogP contribution in [0.1, 0.15) is 31.4 Å². The van der Waals surface area contributed by atoms with Crippen molar-refractivity contribution in [3.8, 4) is 0 Å². The molecular weight excluding hydrogens is 492 g/mol. The molecule has 5 N–H and O–H groups in total. The number of aliphatic hydroxyl groups is 1. The standard InChI is InChI=1S/C23H23F6N5O2/c1-10(30)8-31-17-5-4-13-19(35)14(22(36)33-20(11-2-3-11)23(27,28)29)9-34(21(13)32-17)18-15(25)6-12(24)7-16(18)26/h4-7,9-11,19-20,35H,2-3,8,30H2,1H3,(H,31,32)(H,33,36)/t10-,19?,20+/m1/s1. The molecule has 1 amide bonds. The van der Waals surface area contributed by atoms with Crippen LogP contribution in [-0.4, -0.2) is 40.8 Å². The van der Waals surface area contributed by atoms with E-state index in [-0.39, 0.29) is 42.6 Å². The average Bonchev–Trinajstić information content (AvgIpc) is 3.61. The van der Waals surface area contributed by atoms with Gasteiger partial charge in [-0.2, -0.15) is 13.2 Å². The van der Waals surface area contributed by atoms with Gasteiger partial charge in [0.05, 0.1) is 5.57 Å². The molecule has 0 bridgehead atoms. The van der Waals surface area contributed by atoms with Crippen LogP contribution in [0.5, 0.6) is 0 Å². The Kier molecular flexibility index (Phi) is 6.88. The highest BCUT2D eigenvalue weighted by Crippen LogP contribution is 2.43. The predicted octanol–water partition coefficient (Wildman–Crippen LogP) is 3.78. The van der Waals surface area contributed by atoms with E-state index in [1.165, 1.54) is 12.1 Å². The van der Waals surface area contributed by atoms with Crippen LogP contribution in [0.4, 0.5) is 43.7 Å². The number of carbonyl (C=O) groups excluding carboxylic acids is 1. The minimum atomic E-state index is -4.73. The molecule has 194 valence electrons. The summed E-state index contributed by atoms with van der Waals surface area (Å²) in [6.45, 7) is 1.99. The first-order chi connectivity index (χ1) is 16.9. The van der Waals surface area contributed by atoms with Crippen molar-refractivity contribution in [2.24, 2.45) is 11.7 Å². The second-order valence-corrected chi connectivity index (χ2v) is 8.87. The molecule has 1 saturated carbocycles. The maximum absolute atomic E-state index is 14.7. The summed E-state index contributed by atoms with van der Waals surface area (Å²) >= 11 is 0. The van der Waals surface area contributed by atoms with Crippen molar-refractivity contribution in [3.63, 3.8) is 0 Å². The van der Waals surface area contributed by atoms with E-state index in [2.05, 4.69) is 10.3 Å². The maximum atomic E-state index is 14.7. The zero-order chi connectivity index (χ0) is 26.4. The van der Waals surface area contributed by atoms with Gasteiger partial charge < -0.3 is 21.5 Å². The molecule has 1 aliphatic heterocycles.